The number of hydrogen-bond donors (Lipinski definition) is 0. The van der Waals surface area contributed by atoms with Gasteiger partial charge in [-0.2, -0.15) is 0 Å². The van der Waals surface area contributed by atoms with Crippen molar-refractivity contribution in [1.29, 1.82) is 0 Å². The van der Waals surface area contributed by atoms with Crippen LogP contribution in [0.3, 0.4) is 0 Å². The lowest BCUT2D eigenvalue weighted by molar-refractivity contribution is 0.636. The van der Waals surface area contributed by atoms with Crippen molar-refractivity contribution >= 4 is 55.6 Å². The summed E-state index contributed by atoms with van der Waals surface area (Å²) in [5.74, 6) is 0. The number of thiophene rings is 1. The van der Waals surface area contributed by atoms with Gasteiger partial charge in [0.2, 0.25) is 0 Å². The molecule has 7 heteroatoms. The van der Waals surface area contributed by atoms with Crippen molar-refractivity contribution < 1.29 is 0 Å². The van der Waals surface area contributed by atoms with Gasteiger partial charge < -0.3 is 4.57 Å². The molecule has 0 unspecified atom stereocenters. The van der Waals surface area contributed by atoms with E-state index in [1.54, 1.807) is 13.2 Å². The molecular formula is C14H10ClIN2O2S. The van der Waals surface area contributed by atoms with Gasteiger partial charge in [0.25, 0.3) is 5.56 Å². The molecule has 0 aliphatic rings. The maximum Gasteiger partial charge on any atom is 0.331 e. The zero-order chi connectivity index (χ0) is 15.1. The molecule has 0 fully saturated rings. The van der Waals surface area contributed by atoms with E-state index in [2.05, 4.69) is 0 Å². The monoisotopic (exact) mass is 432 g/mol. The van der Waals surface area contributed by atoms with Gasteiger partial charge in [0, 0.05) is 13.2 Å². The molecule has 0 radical (unpaired) electrons. The first kappa shape index (κ1) is 14.8. The Labute approximate surface area is 142 Å². The molecule has 108 valence electrons. The van der Waals surface area contributed by atoms with Crippen molar-refractivity contribution in [2.24, 2.45) is 7.05 Å². The molecule has 3 aromatic rings. The standard InChI is InChI=1S/C14H10ClIN2O2S/c1-17-6-11(16)13(19)18(14(17)20)5-8-7-21-12-9(8)3-2-4-10(12)15/h2-4,6-7H,5H2,1H3. The van der Waals surface area contributed by atoms with Crippen molar-refractivity contribution in [3.63, 3.8) is 0 Å². The molecule has 4 nitrogen and oxygen atoms in total. The number of fused-ring (bicyclic) bond motifs is 1. The van der Waals surface area contributed by atoms with E-state index in [9.17, 15) is 9.59 Å². The smallest absolute Gasteiger partial charge is 0.302 e. The topological polar surface area (TPSA) is 44.0 Å². The Morgan fingerprint density at radius 3 is 2.86 bits per heavy atom. The first-order valence-electron chi connectivity index (χ1n) is 6.09. The Kier molecular flexibility index (Phi) is 3.94. The van der Waals surface area contributed by atoms with Gasteiger partial charge in [0.15, 0.2) is 0 Å². The summed E-state index contributed by atoms with van der Waals surface area (Å²) in [5.41, 5.74) is 0.348. The number of hydrogen-bond acceptors (Lipinski definition) is 3. The van der Waals surface area contributed by atoms with Crippen LogP contribution in [0.15, 0.2) is 39.4 Å². The Morgan fingerprint density at radius 2 is 2.10 bits per heavy atom. The van der Waals surface area contributed by atoms with Gasteiger partial charge in [-0.1, -0.05) is 23.7 Å². The molecule has 21 heavy (non-hydrogen) atoms. The lowest BCUT2D eigenvalue weighted by Crippen LogP contribution is -2.40. The van der Waals surface area contributed by atoms with Crippen LogP contribution in [0.5, 0.6) is 0 Å². The Bertz CT molecular complexity index is 923. The van der Waals surface area contributed by atoms with Gasteiger partial charge in [-0.3, -0.25) is 9.36 Å². The summed E-state index contributed by atoms with van der Waals surface area (Å²) in [5, 5.41) is 3.62. The second-order valence-electron chi connectivity index (χ2n) is 4.64. The fraction of sp³-hybridized carbons (Fsp3) is 0.143. The van der Waals surface area contributed by atoms with Crippen LogP contribution in [0.2, 0.25) is 5.02 Å². The fourth-order valence-corrected chi connectivity index (χ4v) is 4.18. The zero-order valence-electron chi connectivity index (χ0n) is 11.0. The number of benzene rings is 1. The predicted octanol–water partition coefficient (Wildman–Crippen LogP) is 3.07. The highest BCUT2D eigenvalue weighted by atomic mass is 127. The highest BCUT2D eigenvalue weighted by Gasteiger charge is 2.12. The molecule has 0 amide bonds. The van der Waals surface area contributed by atoms with E-state index in [0.717, 1.165) is 15.6 Å². The Morgan fingerprint density at radius 1 is 1.33 bits per heavy atom. The highest BCUT2D eigenvalue weighted by molar-refractivity contribution is 14.1. The first-order chi connectivity index (χ1) is 9.99. The summed E-state index contributed by atoms with van der Waals surface area (Å²) in [6, 6.07) is 5.66. The fourth-order valence-electron chi connectivity index (χ4n) is 2.19. The molecular weight excluding hydrogens is 423 g/mol. The molecule has 0 spiro atoms. The summed E-state index contributed by atoms with van der Waals surface area (Å²) in [6.07, 6.45) is 1.55. The third-order valence-corrected chi connectivity index (χ3v) is 5.49. The largest absolute Gasteiger partial charge is 0.331 e. The molecule has 0 saturated carbocycles. The average Bonchev–Trinajstić information content (AvgIpc) is 2.86. The minimum atomic E-state index is -0.318. The highest BCUT2D eigenvalue weighted by Crippen LogP contribution is 2.32. The lowest BCUT2D eigenvalue weighted by Gasteiger charge is -2.07. The lowest BCUT2D eigenvalue weighted by atomic mass is 10.2. The van der Waals surface area contributed by atoms with Crippen LogP contribution in [0.25, 0.3) is 10.1 Å². The average molecular weight is 433 g/mol. The summed E-state index contributed by atoms with van der Waals surface area (Å²) < 4.78 is 4.17. The normalized spacial score (nSPS) is 11.2. The molecule has 2 heterocycles. The van der Waals surface area contributed by atoms with Crippen LogP contribution in [0.1, 0.15) is 5.56 Å². The predicted molar refractivity (Wildman–Crippen MR) is 94.6 cm³/mol. The Balaban J connectivity index is 2.18. The molecule has 3 rings (SSSR count). The molecule has 0 atom stereocenters. The van der Waals surface area contributed by atoms with Gasteiger partial charge in [0.05, 0.1) is 19.8 Å². The van der Waals surface area contributed by atoms with E-state index in [0.29, 0.717) is 8.59 Å². The van der Waals surface area contributed by atoms with Crippen molar-refractivity contribution in [3.8, 4) is 0 Å². The van der Waals surface area contributed by atoms with Gasteiger partial charge >= 0.3 is 5.69 Å². The number of rotatable bonds is 2. The minimum absolute atomic E-state index is 0.253. The van der Waals surface area contributed by atoms with Crippen LogP contribution >= 0.6 is 45.5 Å². The SMILES string of the molecule is Cn1cc(I)c(=O)n(Cc2csc3c(Cl)cccc23)c1=O. The summed E-state index contributed by atoms with van der Waals surface area (Å²) >= 11 is 9.63. The van der Waals surface area contributed by atoms with E-state index in [-0.39, 0.29) is 17.8 Å². The van der Waals surface area contributed by atoms with Crippen LogP contribution in [0.4, 0.5) is 0 Å². The number of aromatic nitrogens is 2. The van der Waals surface area contributed by atoms with Crippen molar-refractivity contribution in [1.82, 2.24) is 9.13 Å². The molecule has 0 bridgehead atoms. The summed E-state index contributed by atoms with van der Waals surface area (Å²) in [6.45, 7) is 0.253. The van der Waals surface area contributed by atoms with Crippen molar-refractivity contribution in [3.05, 3.63) is 64.8 Å². The van der Waals surface area contributed by atoms with E-state index < -0.39 is 0 Å². The van der Waals surface area contributed by atoms with Crippen LogP contribution in [-0.2, 0) is 13.6 Å². The van der Waals surface area contributed by atoms with E-state index in [1.807, 2.05) is 46.2 Å². The third-order valence-electron chi connectivity index (χ3n) is 3.25. The number of halogens is 2. The van der Waals surface area contributed by atoms with Crippen LogP contribution < -0.4 is 11.2 Å². The molecule has 0 aliphatic carbocycles. The maximum atomic E-state index is 12.2. The first-order valence-corrected chi connectivity index (χ1v) is 8.43. The summed E-state index contributed by atoms with van der Waals surface area (Å²) in [7, 11) is 1.64. The summed E-state index contributed by atoms with van der Waals surface area (Å²) in [4.78, 5) is 24.4. The van der Waals surface area contributed by atoms with Gasteiger partial charge in [-0.05, 0) is 45.0 Å². The second kappa shape index (κ2) is 5.58. The van der Waals surface area contributed by atoms with Gasteiger partial charge in [0.1, 0.15) is 0 Å². The maximum absolute atomic E-state index is 12.2. The number of nitrogens with zero attached hydrogens (tertiary/aromatic N) is 2. The van der Waals surface area contributed by atoms with Crippen molar-refractivity contribution in [2.45, 2.75) is 6.54 Å². The molecule has 0 aliphatic heterocycles. The van der Waals surface area contributed by atoms with Gasteiger partial charge in [-0.15, -0.1) is 11.3 Å². The quantitative estimate of drug-likeness (QED) is 0.584. The minimum Gasteiger partial charge on any atom is -0.302 e. The third kappa shape index (κ3) is 2.56. The van der Waals surface area contributed by atoms with Crippen LogP contribution in [-0.4, -0.2) is 9.13 Å². The van der Waals surface area contributed by atoms with Gasteiger partial charge in [-0.25, -0.2) is 4.79 Å². The molecule has 1 aromatic carbocycles. The molecule has 2 aromatic heterocycles. The van der Waals surface area contributed by atoms with Crippen molar-refractivity contribution in [2.75, 3.05) is 0 Å². The van der Waals surface area contributed by atoms with Crippen LogP contribution in [0, 0.1) is 3.57 Å². The van der Waals surface area contributed by atoms with E-state index in [4.69, 9.17) is 11.6 Å². The zero-order valence-corrected chi connectivity index (χ0v) is 14.7. The second-order valence-corrected chi connectivity index (χ2v) is 7.09. The van der Waals surface area contributed by atoms with E-state index in [1.165, 1.54) is 20.5 Å². The molecule has 0 saturated heterocycles. The molecule has 0 N–H and O–H groups in total. The number of aryl methyl sites for hydroxylation is 1. The Hall–Kier alpha value is -1.12. The van der Waals surface area contributed by atoms with E-state index >= 15 is 0 Å².